The third-order valence-electron chi connectivity index (χ3n) is 3.60. The van der Waals surface area contributed by atoms with Crippen LogP contribution >= 0.6 is 23.1 Å². The van der Waals surface area contributed by atoms with Crippen LogP contribution in [-0.2, 0) is 5.75 Å². The largest absolute Gasteiger partial charge is 0.350 e. The number of hydrogen-bond donors (Lipinski definition) is 1. The third kappa shape index (κ3) is 4.49. The molecule has 0 saturated heterocycles. The third-order valence-corrected chi connectivity index (χ3v) is 5.54. The van der Waals surface area contributed by atoms with Gasteiger partial charge in [0.25, 0.3) is 5.91 Å². The molecule has 0 fully saturated rings. The maximum Gasteiger partial charge on any atom is 0.262 e. The summed E-state index contributed by atoms with van der Waals surface area (Å²) in [7, 11) is 0. The highest BCUT2D eigenvalue weighted by Gasteiger charge is 2.13. The van der Waals surface area contributed by atoms with Crippen LogP contribution in [0.15, 0.2) is 72.1 Å². The van der Waals surface area contributed by atoms with Gasteiger partial charge in [-0.25, -0.2) is 0 Å². The number of nitrogens with one attached hydrogen (secondary N) is 1. The first kappa shape index (κ1) is 16.8. The first-order chi connectivity index (χ1) is 11.8. The Kier molecular flexibility index (Phi) is 6.10. The Morgan fingerprint density at radius 1 is 0.958 bits per heavy atom. The van der Waals surface area contributed by atoms with Crippen molar-refractivity contribution < 1.29 is 4.79 Å². The van der Waals surface area contributed by atoms with E-state index in [0.29, 0.717) is 6.54 Å². The fraction of sp³-hybridized carbons (Fsp3) is 0.150. The van der Waals surface area contributed by atoms with Crippen LogP contribution in [0, 0.1) is 0 Å². The number of rotatable bonds is 7. The molecule has 0 atom stereocenters. The minimum absolute atomic E-state index is 0.0177. The van der Waals surface area contributed by atoms with Gasteiger partial charge in [0.1, 0.15) is 0 Å². The summed E-state index contributed by atoms with van der Waals surface area (Å²) >= 11 is 3.33. The molecular weight excluding hydrogens is 334 g/mol. The number of carbonyl (C=O) groups is 1. The van der Waals surface area contributed by atoms with Gasteiger partial charge in [0.15, 0.2) is 0 Å². The van der Waals surface area contributed by atoms with E-state index in [2.05, 4.69) is 29.6 Å². The van der Waals surface area contributed by atoms with Crippen LogP contribution in [0.5, 0.6) is 0 Å². The standard InChI is InChI=1S/C20H19NOS2/c22-20(21-12-14-23-15-16-7-3-1-4-8-16)19-18(11-13-24-19)17-9-5-2-6-10-17/h1-11,13H,12,14-15H2,(H,21,22). The van der Waals surface area contributed by atoms with Crippen molar-refractivity contribution in [1.29, 1.82) is 0 Å². The maximum atomic E-state index is 12.4. The van der Waals surface area contributed by atoms with Crippen molar-refractivity contribution in [3.63, 3.8) is 0 Å². The molecular formula is C20H19NOS2. The second kappa shape index (κ2) is 8.71. The summed E-state index contributed by atoms with van der Waals surface area (Å²) in [6, 6.07) is 22.5. The number of benzene rings is 2. The Balaban J connectivity index is 1.49. The molecule has 4 heteroatoms. The van der Waals surface area contributed by atoms with E-state index in [1.54, 1.807) is 0 Å². The fourth-order valence-corrected chi connectivity index (χ4v) is 4.06. The molecule has 1 amide bonds. The van der Waals surface area contributed by atoms with Gasteiger partial charge < -0.3 is 5.32 Å². The molecule has 2 nitrogen and oxygen atoms in total. The second-order valence-corrected chi connectivity index (χ2v) is 7.34. The molecule has 1 heterocycles. The van der Waals surface area contributed by atoms with Gasteiger partial charge in [0.05, 0.1) is 4.88 Å². The van der Waals surface area contributed by atoms with Crippen LogP contribution in [-0.4, -0.2) is 18.2 Å². The van der Waals surface area contributed by atoms with E-state index >= 15 is 0 Å². The van der Waals surface area contributed by atoms with Crippen molar-refractivity contribution in [2.45, 2.75) is 5.75 Å². The zero-order valence-electron chi connectivity index (χ0n) is 13.3. The number of hydrogen-bond acceptors (Lipinski definition) is 3. The molecule has 0 unspecified atom stereocenters. The van der Waals surface area contributed by atoms with Gasteiger partial charge in [0.2, 0.25) is 0 Å². The summed E-state index contributed by atoms with van der Waals surface area (Å²) in [4.78, 5) is 13.2. The summed E-state index contributed by atoms with van der Waals surface area (Å²) in [5.74, 6) is 1.90. The van der Waals surface area contributed by atoms with E-state index in [1.165, 1.54) is 16.9 Å². The average Bonchev–Trinajstić information content (AvgIpc) is 3.13. The SMILES string of the molecule is O=C(NCCSCc1ccccc1)c1sccc1-c1ccccc1. The van der Waals surface area contributed by atoms with Crippen LogP contribution < -0.4 is 5.32 Å². The molecule has 0 bridgehead atoms. The van der Waals surface area contributed by atoms with Crippen LogP contribution in [0.25, 0.3) is 11.1 Å². The molecule has 0 spiro atoms. The number of carbonyl (C=O) groups excluding carboxylic acids is 1. The predicted octanol–water partition coefficient (Wildman–Crippen LogP) is 5.08. The average molecular weight is 354 g/mol. The van der Waals surface area contributed by atoms with Gasteiger partial charge in [-0.1, -0.05) is 60.7 Å². The van der Waals surface area contributed by atoms with Crippen molar-refractivity contribution in [2.24, 2.45) is 0 Å². The van der Waals surface area contributed by atoms with E-state index in [9.17, 15) is 4.79 Å². The van der Waals surface area contributed by atoms with E-state index in [-0.39, 0.29) is 5.91 Å². The fourth-order valence-electron chi connectivity index (χ4n) is 2.41. The lowest BCUT2D eigenvalue weighted by Crippen LogP contribution is -2.25. The molecule has 3 aromatic rings. The van der Waals surface area contributed by atoms with E-state index in [1.807, 2.05) is 59.6 Å². The monoisotopic (exact) mass is 353 g/mol. The van der Waals surface area contributed by atoms with Gasteiger partial charge in [-0.2, -0.15) is 11.8 Å². The molecule has 122 valence electrons. The molecule has 0 aliphatic rings. The Bertz CT molecular complexity index is 769. The maximum absolute atomic E-state index is 12.4. The molecule has 0 saturated carbocycles. The topological polar surface area (TPSA) is 29.1 Å². The number of thioether (sulfide) groups is 1. The first-order valence-electron chi connectivity index (χ1n) is 7.87. The van der Waals surface area contributed by atoms with E-state index in [0.717, 1.165) is 27.5 Å². The van der Waals surface area contributed by atoms with Crippen LogP contribution in [0.3, 0.4) is 0 Å². The van der Waals surface area contributed by atoms with Crippen molar-refractivity contribution >= 4 is 29.0 Å². The predicted molar refractivity (Wildman–Crippen MR) is 105 cm³/mol. The Hall–Kier alpha value is -2.04. The minimum atomic E-state index is 0.0177. The van der Waals surface area contributed by atoms with Gasteiger partial charge >= 0.3 is 0 Å². The van der Waals surface area contributed by atoms with E-state index < -0.39 is 0 Å². The number of thiophene rings is 1. The van der Waals surface area contributed by atoms with Crippen molar-refractivity contribution in [3.8, 4) is 11.1 Å². The van der Waals surface area contributed by atoms with Crippen molar-refractivity contribution in [2.75, 3.05) is 12.3 Å². The van der Waals surface area contributed by atoms with Crippen LogP contribution in [0.4, 0.5) is 0 Å². The molecule has 2 aromatic carbocycles. The summed E-state index contributed by atoms with van der Waals surface area (Å²) in [5, 5.41) is 5.01. The Labute approximate surface area is 150 Å². The second-order valence-electron chi connectivity index (χ2n) is 5.32. The molecule has 3 rings (SSSR count). The molecule has 0 radical (unpaired) electrons. The van der Waals surface area contributed by atoms with Crippen molar-refractivity contribution in [3.05, 3.63) is 82.6 Å². The summed E-state index contributed by atoms with van der Waals surface area (Å²) in [5.41, 5.74) is 3.41. The molecule has 0 aliphatic carbocycles. The smallest absolute Gasteiger partial charge is 0.262 e. The normalized spacial score (nSPS) is 10.5. The molecule has 1 N–H and O–H groups in total. The highest BCUT2D eigenvalue weighted by atomic mass is 32.2. The van der Waals surface area contributed by atoms with Gasteiger partial charge in [-0.3, -0.25) is 4.79 Å². The van der Waals surface area contributed by atoms with Crippen LogP contribution in [0.1, 0.15) is 15.2 Å². The quantitative estimate of drug-likeness (QED) is 0.600. The molecule has 1 aromatic heterocycles. The zero-order chi connectivity index (χ0) is 16.6. The minimum Gasteiger partial charge on any atom is -0.350 e. The van der Waals surface area contributed by atoms with Crippen molar-refractivity contribution in [1.82, 2.24) is 5.32 Å². The summed E-state index contributed by atoms with van der Waals surface area (Å²) in [6.07, 6.45) is 0. The zero-order valence-corrected chi connectivity index (χ0v) is 14.9. The first-order valence-corrected chi connectivity index (χ1v) is 9.91. The highest BCUT2D eigenvalue weighted by Crippen LogP contribution is 2.28. The van der Waals surface area contributed by atoms with E-state index in [4.69, 9.17) is 0 Å². The van der Waals surface area contributed by atoms with Gasteiger partial charge in [0, 0.05) is 23.6 Å². The lowest BCUT2D eigenvalue weighted by atomic mass is 10.1. The lowest BCUT2D eigenvalue weighted by molar-refractivity contribution is 0.0961. The highest BCUT2D eigenvalue weighted by molar-refractivity contribution is 7.98. The van der Waals surface area contributed by atoms with Gasteiger partial charge in [-0.15, -0.1) is 11.3 Å². The lowest BCUT2D eigenvalue weighted by Gasteiger charge is -2.06. The Morgan fingerprint density at radius 2 is 1.67 bits per heavy atom. The number of amides is 1. The summed E-state index contributed by atoms with van der Waals surface area (Å²) < 4.78 is 0. The summed E-state index contributed by atoms with van der Waals surface area (Å²) in [6.45, 7) is 0.683. The molecule has 24 heavy (non-hydrogen) atoms. The van der Waals surface area contributed by atoms with Crippen LogP contribution in [0.2, 0.25) is 0 Å². The molecule has 0 aliphatic heterocycles. The Morgan fingerprint density at radius 3 is 2.42 bits per heavy atom. The van der Waals surface area contributed by atoms with Gasteiger partial charge in [-0.05, 0) is 22.6 Å².